The highest BCUT2D eigenvalue weighted by atomic mass is 16.4. The summed E-state index contributed by atoms with van der Waals surface area (Å²) in [4.78, 5) is 24.6. The van der Waals surface area contributed by atoms with E-state index in [4.69, 9.17) is 5.11 Å². The molecule has 4 heteroatoms. The third kappa shape index (κ3) is 2.54. The molecule has 16 heavy (non-hydrogen) atoms. The number of hydrogen-bond acceptors (Lipinski definition) is 2. The van der Waals surface area contributed by atoms with E-state index in [0.29, 0.717) is 18.9 Å². The second kappa shape index (κ2) is 4.85. The Balaban J connectivity index is 2.64. The predicted octanol–water partition coefficient (Wildman–Crippen LogP) is 1.89. The van der Waals surface area contributed by atoms with Crippen LogP contribution in [0.4, 0.5) is 0 Å². The number of carbonyl (C=O) groups is 2. The Kier molecular flexibility index (Phi) is 3.94. The molecule has 1 N–H and O–H groups in total. The first-order chi connectivity index (χ1) is 7.39. The van der Waals surface area contributed by atoms with Gasteiger partial charge in [0.15, 0.2) is 0 Å². The highest BCUT2D eigenvalue weighted by molar-refractivity contribution is 5.86. The summed E-state index contributed by atoms with van der Waals surface area (Å²) in [6.45, 7) is 5.43. The minimum absolute atomic E-state index is 0.0281. The predicted molar refractivity (Wildman–Crippen MR) is 61.1 cm³/mol. The highest BCUT2D eigenvalue weighted by Gasteiger charge is 2.37. The van der Waals surface area contributed by atoms with Gasteiger partial charge in [0.25, 0.3) is 0 Å². The average Bonchev–Trinajstić information content (AvgIpc) is 2.12. The van der Waals surface area contributed by atoms with Crippen LogP contribution in [0.1, 0.15) is 46.5 Å². The van der Waals surface area contributed by atoms with Crippen molar-refractivity contribution in [2.24, 2.45) is 5.92 Å². The molecule has 1 rings (SSSR count). The van der Waals surface area contributed by atoms with Gasteiger partial charge in [0.05, 0.1) is 0 Å². The first-order valence-electron chi connectivity index (χ1n) is 5.93. The van der Waals surface area contributed by atoms with E-state index in [1.165, 1.54) is 11.3 Å². The molecule has 0 saturated heterocycles. The van der Waals surface area contributed by atoms with Crippen LogP contribution in [0.3, 0.4) is 0 Å². The Labute approximate surface area is 96.6 Å². The molecule has 1 aliphatic rings. The number of aliphatic carboxylic acids is 1. The summed E-state index contributed by atoms with van der Waals surface area (Å²) in [5, 5.41) is 9.10. The normalized spacial score (nSPS) is 16.7. The second-order valence-electron chi connectivity index (χ2n) is 5.00. The molecule has 1 saturated carbocycles. The lowest BCUT2D eigenvalue weighted by molar-refractivity contribution is -0.157. The molecule has 0 spiro atoms. The molecule has 0 bridgehead atoms. The maximum atomic E-state index is 12.0. The fourth-order valence-electron chi connectivity index (χ4n) is 2.05. The molecule has 1 aliphatic carbocycles. The summed E-state index contributed by atoms with van der Waals surface area (Å²) >= 11 is 0. The zero-order valence-electron chi connectivity index (χ0n) is 10.3. The van der Waals surface area contributed by atoms with Crippen LogP contribution in [0.15, 0.2) is 0 Å². The van der Waals surface area contributed by atoms with Crippen LogP contribution < -0.4 is 0 Å². The Morgan fingerprint density at radius 1 is 1.38 bits per heavy atom. The molecule has 0 unspecified atom stereocenters. The summed E-state index contributed by atoms with van der Waals surface area (Å²) in [5.74, 6) is -0.498. The van der Waals surface area contributed by atoms with Crippen LogP contribution in [0.5, 0.6) is 0 Å². The topological polar surface area (TPSA) is 57.6 Å². The van der Waals surface area contributed by atoms with Crippen LogP contribution in [0, 0.1) is 5.92 Å². The van der Waals surface area contributed by atoms with Crippen LogP contribution in [0.2, 0.25) is 0 Å². The first-order valence-corrected chi connectivity index (χ1v) is 5.93. The number of hydrogen-bond donors (Lipinski definition) is 1. The summed E-state index contributed by atoms with van der Waals surface area (Å²) in [7, 11) is 0. The smallest absolute Gasteiger partial charge is 0.329 e. The SMILES string of the molecule is CCN(C(=O)CC1CCC1)C(C)(C)C(=O)O. The lowest BCUT2D eigenvalue weighted by Crippen LogP contribution is -2.53. The van der Waals surface area contributed by atoms with E-state index in [0.717, 1.165) is 12.8 Å². The van der Waals surface area contributed by atoms with E-state index in [2.05, 4.69) is 0 Å². The Morgan fingerprint density at radius 3 is 2.25 bits per heavy atom. The van der Waals surface area contributed by atoms with Gasteiger partial charge >= 0.3 is 5.97 Å². The molecule has 4 nitrogen and oxygen atoms in total. The van der Waals surface area contributed by atoms with Gasteiger partial charge in [-0.25, -0.2) is 4.79 Å². The molecule has 0 aromatic carbocycles. The quantitative estimate of drug-likeness (QED) is 0.780. The maximum Gasteiger partial charge on any atom is 0.329 e. The summed E-state index contributed by atoms with van der Waals surface area (Å²) in [5.41, 5.74) is -1.10. The van der Waals surface area contributed by atoms with E-state index in [1.54, 1.807) is 13.8 Å². The molecule has 0 atom stereocenters. The average molecular weight is 227 g/mol. The number of carbonyl (C=O) groups excluding carboxylic acids is 1. The largest absolute Gasteiger partial charge is 0.480 e. The van der Waals surface area contributed by atoms with Crippen molar-refractivity contribution < 1.29 is 14.7 Å². The van der Waals surface area contributed by atoms with Crippen molar-refractivity contribution in [1.82, 2.24) is 4.90 Å². The van der Waals surface area contributed by atoms with E-state index in [9.17, 15) is 9.59 Å². The van der Waals surface area contributed by atoms with Crippen molar-refractivity contribution in [1.29, 1.82) is 0 Å². The third-order valence-electron chi connectivity index (χ3n) is 3.50. The Morgan fingerprint density at radius 2 is 1.94 bits per heavy atom. The van der Waals surface area contributed by atoms with Crippen molar-refractivity contribution >= 4 is 11.9 Å². The lowest BCUT2D eigenvalue weighted by atomic mass is 9.82. The molecular weight excluding hydrogens is 206 g/mol. The van der Waals surface area contributed by atoms with Gasteiger partial charge < -0.3 is 10.0 Å². The van der Waals surface area contributed by atoms with Gasteiger partial charge in [-0.05, 0) is 39.5 Å². The van der Waals surface area contributed by atoms with E-state index >= 15 is 0 Å². The lowest BCUT2D eigenvalue weighted by Gasteiger charge is -2.36. The molecule has 1 amide bonds. The molecular formula is C12H21NO3. The van der Waals surface area contributed by atoms with Crippen LogP contribution >= 0.6 is 0 Å². The maximum absolute atomic E-state index is 12.0. The number of nitrogens with zero attached hydrogens (tertiary/aromatic N) is 1. The van der Waals surface area contributed by atoms with Gasteiger partial charge in [0.1, 0.15) is 5.54 Å². The first kappa shape index (κ1) is 13.0. The van der Waals surface area contributed by atoms with Crippen molar-refractivity contribution in [3.63, 3.8) is 0 Å². The summed E-state index contributed by atoms with van der Waals surface area (Å²) < 4.78 is 0. The fraction of sp³-hybridized carbons (Fsp3) is 0.833. The fourth-order valence-corrected chi connectivity index (χ4v) is 2.05. The third-order valence-corrected chi connectivity index (χ3v) is 3.50. The van der Waals surface area contributed by atoms with Gasteiger partial charge in [-0.1, -0.05) is 6.42 Å². The molecule has 0 heterocycles. The van der Waals surface area contributed by atoms with Crippen LogP contribution in [-0.2, 0) is 9.59 Å². The monoisotopic (exact) mass is 227 g/mol. The van der Waals surface area contributed by atoms with Crippen molar-refractivity contribution in [3.05, 3.63) is 0 Å². The Bertz CT molecular complexity index is 282. The van der Waals surface area contributed by atoms with Crippen molar-refractivity contribution in [3.8, 4) is 0 Å². The second-order valence-corrected chi connectivity index (χ2v) is 5.00. The zero-order valence-corrected chi connectivity index (χ0v) is 10.3. The molecule has 0 radical (unpaired) electrons. The molecule has 0 aromatic heterocycles. The summed E-state index contributed by atoms with van der Waals surface area (Å²) in [6, 6.07) is 0. The minimum Gasteiger partial charge on any atom is -0.480 e. The highest BCUT2D eigenvalue weighted by Crippen LogP contribution is 2.30. The number of carboxylic acids is 1. The van der Waals surface area contributed by atoms with Gasteiger partial charge in [0, 0.05) is 13.0 Å². The molecule has 92 valence electrons. The van der Waals surface area contributed by atoms with E-state index in [1.807, 2.05) is 6.92 Å². The number of carboxylic acid groups (broad SMARTS) is 1. The van der Waals surface area contributed by atoms with E-state index < -0.39 is 11.5 Å². The number of amides is 1. The van der Waals surface area contributed by atoms with Crippen LogP contribution in [-0.4, -0.2) is 34.0 Å². The van der Waals surface area contributed by atoms with Gasteiger partial charge in [-0.2, -0.15) is 0 Å². The van der Waals surface area contributed by atoms with Crippen LogP contribution in [0.25, 0.3) is 0 Å². The number of rotatable bonds is 5. The van der Waals surface area contributed by atoms with Gasteiger partial charge in [0.2, 0.25) is 5.91 Å². The standard InChI is InChI=1S/C12H21NO3/c1-4-13(12(2,3)11(15)16)10(14)8-9-6-5-7-9/h9H,4-8H2,1-3H3,(H,15,16). The molecule has 1 fully saturated rings. The Hall–Kier alpha value is -1.06. The van der Waals surface area contributed by atoms with Gasteiger partial charge in [-0.15, -0.1) is 0 Å². The molecule has 0 aromatic rings. The minimum atomic E-state index is -1.10. The van der Waals surface area contributed by atoms with E-state index in [-0.39, 0.29) is 5.91 Å². The van der Waals surface area contributed by atoms with Gasteiger partial charge in [-0.3, -0.25) is 4.79 Å². The van der Waals surface area contributed by atoms with Crippen molar-refractivity contribution in [2.45, 2.75) is 52.0 Å². The zero-order chi connectivity index (χ0) is 12.3. The molecule has 0 aliphatic heterocycles. The van der Waals surface area contributed by atoms with Crippen molar-refractivity contribution in [2.75, 3.05) is 6.54 Å². The summed E-state index contributed by atoms with van der Waals surface area (Å²) in [6.07, 6.45) is 3.92. The number of likely N-dealkylation sites (N-methyl/N-ethyl adjacent to an activating group) is 1.